The van der Waals surface area contributed by atoms with Crippen molar-refractivity contribution in [2.24, 2.45) is 0 Å². The first kappa shape index (κ1) is 10.8. The highest BCUT2D eigenvalue weighted by molar-refractivity contribution is 5.26. The van der Waals surface area contributed by atoms with Crippen molar-refractivity contribution in [2.75, 3.05) is 0 Å². The Balaban J connectivity index is 1.92. The molecule has 1 aromatic heterocycles. The van der Waals surface area contributed by atoms with Crippen molar-refractivity contribution in [3.8, 4) is 0 Å². The summed E-state index contributed by atoms with van der Waals surface area (Å²) >= 11 is 0. The zero-order chi connectivity index (χ0) is 11.4. The maximum absolute atomic E-state index is 13.0. The minimum atomic E-state index is -0.189. The fourth-order valence-electron chi connectivity index (χ4n) is 1.55. The first-order chi connectivity index (χ1) is 7.75. The highest BCUT2D eigenvalue weighted by Crippen LogP contribution is 2.10. The average molecular weight is 219 g/mol. The molecule has 84 valence electrons. The van der Waals surface area contributed by atoms with Crippen LogP contribution in [0.2, 0.25) is 0 Å². The summed E-state index contributed by atoms with van der Waals surface area (Å²) in [4.78, 5) is 0. The van der Waals surface area contributed by atoms with Crippen molar-refractivity contribution >= 4 is 0 Å². The van der Waals surface area contributed by atoms with E-state index in [4.69, 9.17) is 0 Å². The van der Waals surface area contributed by atoms with E-state index in [0.29, 0.717) is 6.54 Å². The fraction of sp³-hybridized carbons (Fsp3) is 0.250. The normalized spacial score (nSPS) is 10.6. The van der Waals surface area contributed by atoms with E-state index in [2.05, 4.69) is 15.5 Å². The van der Waals surface area contributed by atoms with Crippen LogP contribution in [0.1, 0.15) is 16.7 Å². The average Bonchev–Trinajstić information content (AvgIpc) is 2.76. The molecule has 0 atom stereocenters. The van der Waals surface area contributed by atoms with Gasteiger partial charge in [-0.15, -0.1) is 0 Å². The number of nitrogens with zero attached hydrogens (tertiary/aromatic N) is 1. The van der Waals surface area contributed by atoms with Gasteiger partial charge in [0.15, 0.2) is 0 Å². The number of halogens is 1. The Morgan fingerprint density at radius 2 is 2.25 bits per heavy atom. The van der Waals surface area contributed by atoms with Gasteiger partial charge in [0.2, 0.25) is 0 Å². The van der Waals surface area contributed by atoms with Gasteiger partial charge in [0.05, 0.1) is 6.20 Å². The molecule has 1 aromatic carbocycles. The highest BCUT2D eigenvalue weighted by atomic mass is 19.1. The molecule has 2 N–H and O–H groups in total. The van der Waals surface area contributed by atoms with Crippen molar-refractivity contribution in [3.63, 3.8) is 0 Å². The second kappa shape index (κ2) is 4.90. The standard InChI is InChI=1S/C12H14FN3/c1-9-2-3-12(13)4-11(9)8-14-5-10-6-15-16-7-10/h2-4,6-7,14H,5,8H2,1H3,(H,15,16). The molecule has 0 unspecified atom stereocenters. The minimum Gasteiger partial charge on any atom is -0.308 e. The topological polar surface area (TPSA) is 40.7 Å². The SMILES string of the molecule is Cc1ccc(F)cc1CNCc1cn[nH]c1. The van der Waals surface area contributed by atoms with Gasteiger partial charge in [-0.2, -0.15) is 5.10 Å². The van der Waals surface area contributed by atoms with E-state index in [-0.39, 0.29) is 5.82 Å². The first-order valence-corrected chi connectivity index (χ1v) is 5.19. The lowest BCUT2D eigenvalue weighted by molar-refractivity contribution is 0.619. The van der Waals surface area contributed by atoms with Crippen LogP contribution in [-0.2, 0) is 13.1 Å². The highest BCUT2D eigenvalue weighted by Gasteiger charge is 2.00. The van der Waals surface area contributed by atoms with E-state index in [1.165, 1.54) is 6.07 Å². The van der Waals surface area contributed by atoms with Gasteiger partial charge in [0.1, 0.15) is 5.82 Å². The van der Waals surface area contributed by atoms with Gasteiger partial charge in [0, 0.05) is 24.8 Å². The Hall–Kier alpha value is -1.68. The molecule has 4 heteroatoms. The molecule has 16 heavy (non-hydrogen) atoms. The Kier molecular flexibility index (Phi) is 3.31. The van der Waals surface area contributed by atoms with E-state index in [0.717, 1.165) is 23.2 Å². The van der Waals surface area contributed by atoms with E-state index >= 15 is 0 Å². The van der Waals surface area contributed by atoms with Crippen LogP contribution >= 0.6 is 0 Å². The summed E-state index contributed by atoms with van der Waals surface area (Å²) in [7, 11) is 0. The van der Waals surface area contributed by atoms with Crippen LogP contribution < -0.4 is 5.32 Å². The van der Waals surface area contributed by atoms with Crippen LogP contribution in [0.5, 0.6) is 0 Å². The number of nitrogens with one attached hydrogen (secondary N) is 2. The molecular weight excluding hydrogens is 205 g/mol. The van der Waals surface area contributed by atoms with Crippen LogP contribution in [0, 0.1) is 12.7 Å². The summed E-state index contributed by atoms with van der Waals surface area (Å²) in [6.07, 6.45) is 3.61. The van der Waals surface area contributed by atoms with Gasteiger partial charge < -0.3 is 5.32 Å². The number of aromatic amines is 1. The largest absolute Gasteiger partial charge is 0.308 e. The molecule has 1 heterocycles. The molecule has 2 rings (SSSR count). The third-order valence-electron chi connectivity index (χ3n) is 2.51. The third kappa shape index (κ3) is 2.67. The predicted octanol–water partition coefficient (Wildman–Crippen LogP) is 2.15. The molecule has 0 fully saturated rings. The van der Waals surface area contributed by atoms with Gasteiger partial charge in [-0.1, -0.05) is 6.07 Å². The maximum Gasteiger partial charge on any atom is 0.123 e. The molecule has 3 nitrogen and oxygen atoms in total. The maximum atomic E-state index is 13.0. The van der Waals surface area contributed by atoms with Gasteiger partial charge in [-0.3, -0.25) is 5.10 Å². The lowest BCUT2D eigenvalue weighted by Gasteiger charge is -2.06. The zero-order valence-electron chi connectivity index (χ0n) is 9.13. The molecule has 0 spiro atoms. The molecule has 0 amide bonds. The summed E-state index contributed by atoms with van der Waals surface area (Å²) in [5.41, 5.74) is 3.18. The summed E-state index contributed by atoms with van der Waals surface area (Å²) in [5, 5.41) is 9.85. The molecule has 0 bridgehead atoms. The van der Waals surface area contributed by atoms with Crippen LogP contribution in [0.4, 0.5) is 4.39 Å². The number of hydrogen-bond acceptors (Lipinski definition) is 2. The van der Waals surface area contributed by atoms with Crippen LogP contribution in [0.3, 0.4) is 0 Å². The molecule has 0 aliphatic carbocycles. The van der Waals surface area contributed by atoms with Crippen molar-refractivity contribution < 1.29 is 4.39 Å². The molecule has 0 saturated heterocycles. The quantitative estimate of drug-likeness (QED) is 0.827. The van der Waals surface area contributed by atoms with E-state index in [9.17, 15) is 4.39 Å². The van der Waals surface area contributed by atoms with Gasteiger partial charge >= 0.3 is 0 Å². The van der Waals surface area contributed by atoms with Crippen molar-refractivity contribution in [2.45, 2.75) is 20.0 Å². The lowest BCUT2D eigenvalue weighted by Crippen LogP contribution is -2.13. The van der Waals surface area contributed by atoms with Crippen LogP contribution in [-0.4, -0.2) is 10.2 Å². The summed E-state index contributed by atoms with van der Waals surface area (Å²) in [6.45, 7) is 3.37. The van der Waals surface area contributed by atoms with Crippen LogP contribution in [0.15, 0.2) is 30.6 Å². The molecule has 0 aliphatic rings. The molecule has 2 aromatic rings. The Morgan fingerprint density at radius 3 is 3.00 bits per heavy atom. The molecule has 0 radical (unpaired) electrons. The van der Waals surface area contributed by atoms with E-state index in [1.54, 1.807) is 18.3 Å². The Labute approximate surface area is 93.7 Å². The molecule has 0 aliphatic heterocycles. The molecular formula is C12H14FN3. The van der Waals surface area contributed by atoms with Crippen molar-refractivity contribution in [3.05, 3.63) is 53.1 Å². The number of benzene rings is 1. The number of rotatable bonds is 4. The summed E-state index contributed by atoms with van der Waals surface area (Å²) in [6, 6.07) is 4.84. The van der Waals surface area contributed by atoms with Gasteiger partial charge in [-0.05, 0) is 30.2 Å². The second-order valence-corrected chi connectivity index (χ2v) is 3.78. The Morgan fingerprint density at radius 1 is 1.38 bits per heavy atom. The smallest absolute Gasteiger partial charge is 0.123 e. The predicted molar refractivity (Wildman–Crippen MR) is 60.3 cm³/mol. The Bertz CT molecular complexity index is 451. The lowest BCUT2D eigenvalue weighted by atomic mass is 10.1. The summed E-state index contributed by atoms with van der Waals surface area (Å²) in [5.74, 6) is -0.189. The van der Waals surface area contributed by atoms with E-state index < -0.39 is 0 Å². The number of hydrogen-bond donors (Lipinski definition) is 2. The first-order valence-electron chi connectivity index (χ1n) is 5.19. The third-order valence-corrected chi connectivity index (χ3v) is 2.51. The van der Waals surface area contributed by atoms with E-state index in [1.807, 2.05) is 13.1 Å². The van der Waals surface area contributed by atoms with Gasteiger partial charge in [0.25, 0.3) is 0 Å². The molecule has 0 saturated carbocycles. The fourth-order valence-corrected chi connectivity index (χ4v) is 1.55. The van der Waals surface area contributed by atoms with Crippen LogP contribution in [0.25, 0.3) is 0 Å². The zero-order valence-corrected chi connectivity index (χ0v) is 9.13. The number of aryl methyl sites for hydroxylation is 1. The summed E-state index contributed by atoms with van der Waals surface area (Å²) < 4.78 is 13.0. The minimum absolute atomic E-state index is 0.189. The monoisotopic (exact) mass is 219 g/mol. The number of H-pyrrole nitrogens is 1. The van der Waals surface area contributed by atoms with Gasteiger partial charge in [-0.25, -0.2) is 4.39 Å². The van der Waals surface area contributed by atoms with Crippen molar-refractivity contribution in [1.82, 2.24) is 15.5 Å². The van der Waals surface area contributed by atoms with Crippen molar-refractivity contribution in [1.29, 1.82) is 0 Å². The second-order valence-electron chi connectivity index (χ2n) is 3.78. The number of aromatic nitrogens is 2.